The average molecular weight is 172 g/mol. The smallest absolute Gasteiger partial charge is 0.0459 e. The predicted molar refractivity (Wildman–Crippen MR) is 54.2 cm³/mol. The van der Waals surface area contributed by atoms with Crippen molar-refractivity contribution < 1.29 is 5.11 Å². The lowest BCUT2D eigenvalue weighted by atomic mass is 9.81. The molecule has 0 amide bonds. The quantitative estimate of drug-likeness (QED) is 0.678. The van der Waals surface area contributed by atoms with E-state index < -0.39 is 0 Å². The molecule has 0 aromatic heterocycles. The summed E-state index contributed by atoms with van der Waals surface area (Å²) >= 11 is 0. The summed E-state index contributed by atoms with van der Waals surface area (Å²) in [4.78, 5) is 0. The van der Waals surface area contributed by atoms with E-state index in [1.807, 2.05) is 13.8 Å². The summed E-state index contributed by atoms with van der Waals surface area (Å²) < 4.78 is 0. The van der Waals surface area contributed by atoms with Gasteiger partial charge in [0.25, 0.3) is 0 Å². The van der Waals surface area contributed by atoms with E-state index in [-0.39, 0.29) is 0 Å². The van der Waals surface area contributed by atoms with Crippen molar-refractivity contribution in [2.75, 3.05) is 6.61 Å². The SMILES string of the molecule is CC.CCC1CCC(CO)CC1. The molecule has 0 atom stereocenters. The van der Waals surface area contributed by atoms with E-state index in [1.165, 1.54) is 32.1 Å². The van der Waals surface area contributed by atoms with Gasteiger partial charge in [-0.2, -0.15) is 0 Å². The predicted octanol–water partition coefficient (Wildman–Crippen LogP) is 3.22. The van der Waals surface area contributed by atoms with Gasteiger partial charge in [0.05, 0.1) is 0 Å². The first-order valence-corrected chi connectivity index (χ1v) is 5.47. The van der Waals surface area contributed by atoms with Crippen molar-refractivity contribution >= 4 is 0 Å². The van der Waals surface area contributed by atoms with Crippen molar-refractivity contribution in [3.05, 3.63) is 0 Å². The Morgan fingerprint density at radius 2 is 1.42 bits per heavy atom. The molecule has 0 aromatic rings. The van der Waals surface area contributed by atoms with Gasteiger partial charge in [0, 0.05) is 6.61 Å². The maximum atomic E-state index is 8.85. The largest absolute Gasteiger partial charge is 0.396 e. The summed E-state index contributed by atoms with van der Waals surface area (Å²) in [6, 6.07) is 0. The summed E-state index contributed by atoms with van der Waals surface area (Å²) in [5, 5.41) is 8.85. The topological polar surface area (TPSA) is 20.2 Å². The Morgan fingerprint density at radius 1 is 1.00 bits per heavy atom. The van der Waals surface area contributed by atoms with Crippen LogP contribution in [-0.2, 0) is 0 Å². The molecule has 1 rings (SSSR count). The molecule has 0 heterocycles. The van der Waals surface area contributed by atoms with Crippen LogP contribution in [-0.4, -0.2) is 11.7 Å². The highest BCUT2D eigenvalue weighted by Gasteiger charge is 2.18. The zero-order chi connectivity index (χ0) is 9.40. The van der Waals surface area contributed by atoms with Crippen LogP contribution in [0.2, 0.25) is 0 Å². The molecule has 1 N–H and O–H groups in total. The van der Waals surface area contributed by atoms with Crippen molar-refractivity contribution in [1.29, 1.82) is 0 Å². The van der Waals surface area contributed by atoms with Gasteiger partial charge >= 0.3 is 0 Å². The molecule has 1 aliphatic rings. The van der Waals surface area contributed by atoms with Gasteiger partial charge in [-0.15, -0.1) is 0 Å². The standard InChI is InChI=1S/C9H18O.C2H6/c1-2-8-3-5-9(7-10)6-4-8;1-2/h8-10H,2-7H2,1H3;1-2H3. The molecule has 74 valence electrons. The van der Waals surface area contributed by atoms with Crippen LogP contribution < -0.4 is 0 Å². The summed E-state index contributed by atoms with van der Waals surface area (Å²) in [6.45, 7) is 6.68. The van der Waals surface area contributed by atoms with E-state index in [0.29, 0.717) is 12.5 Å². The maximum Gasteiger partial charge on any atom is 0.0459 e. The van der Waals surface area contributed by atoms with Crippen LogP contribution in [0.4, 0.5) is 0 Å². The first-order chi connectivity index (χ1) is 5.86. The van der Waals surface area contributed by atoms with Gasteiger partial charge in [-0.25, -0.2) is 0 Å². The van der Waals surface area contributed by atoms with Gasteiger partial charge in [-0.1, -0.05) is 40.0 Å². The van der Waals surface area contributed by atoms with E-state index >= 15 is 0 Å². The van der Waals surface area contributed by atoms with Crippen LogP contribution in [0.5, 0.6) is 0 Å². The van der Waals surface area contributed by atoms with Gasteiger partial charge in [0.2, 0.25) is 0 Å². The molecule has 0 spiro atoms. The van der Waals surface area contributed by atoms with Crippen LogP contribution in [0.1, 0.15) is 52.9 Å². The number of hydrogen-bond acceptors (Lipinski definition) is 1. The fourth-order valence-corrected chi connectivity index (χ4v) is 1.82. The van der Waals surface area contributed by atoms with E-state index in [1.54, 1.807) is 0 Å². The van der Waals surface area contributed by atoms with Gasteiger partial charge in [0.15, 0.2) is 0 Å². The molecule has 1 saturated carbocycles. The monoisotopic (exact) mass is 172 g/mol. The molecular formula is C11H24O. The number of aliphatic hydroxyl groups is 1. The molecule has 1 nitrogen and oxygen atoms in total. The normalized spacial score (nSPS) is 29.0. The summed E-state index contributed by atoms with van der Waals surface area (Å²) in [5.41, 5.74) is 0. The molecule has 1 fully saturated rings. The lowest BCUT2D eigenvalue weighted by molar-refractivity contribution is 0.166. The fraction of sp³-hybridized carbons (Fsp3) is 1.00. The van der Waals surface area contributed by atoms with Crippen molar-refractivity contribution in [2.24, 2.45) is 11.8 Å². The first kappa shape index (κ1) is 12.0. The minimum Gasteiger partial charge on any atom is -0.396 e. The average Bonchev–Trinajstić information content (AvgIpc) is 2.21. The Hall–Kier alpha value is -0.0400. The minimum atomic E-state index is 0.413. The molecule has 0 bridgehead atoms. The third kappa shape index (κ3) is 4.10. The van der Waals surface area contributed by atoms with Crippen molar-refractivity contribution in [1.82, 2.24) is 0 Å². The maximum absolute atomic E-state index is 8.85. The van der Waals surface area contributed by atoms with Gasteiger partial charge in [0.1, 0.15) is 0 Å². The molecular weight excluding hydrogens is 148 g/mol. The van der Waals surface area contributed by atoms with Crippen molar-refractivity contribution in [2.45, 2.75) is 52.9 Å². The highest BCUT2D eigenvalue weighted by Crippen LogP contribution is 2.29. The van der Waals surface area contributed by atoms with E-state index in [0.717, 1.165) is 5.92 Å². The third-order valence-corrected chi connectivity index (χ3v) is 2.80. The molecule has 1 aliphatic carbocycles. The van der Waals surface area contributed by atoms with Crippen LogP contribution >= 0.6 is 0 Å². The second kappa shape index (κ2) is 7.60. The van der Waals surface area contributed by atoms with Crippen molar-refractivity contribution in [3.63, 3.8) is 0 Å². The van der Waals surface area contributed by atoms with Gasteiger partial charge in [-0.05, 0) is 24.7 Å². The van der Waals surface area contributed by atoms with Crippen LogP contribution in [0.3, 0.4) is 0 Å². The fourth-order valence-electron chi connectivity index (χ4n) is 1.82. The number of aliphatic hydroxyl groups excluding tert-OH is 1. The minimum absolute atomic E-state index is 0.413. The Balaban J connectivity index is 0.000000561. The van der Waals surface area contributed by atoms with Gasteiger partial charge in [-0.3, -0.25) is 0 Å². The molecule has 0 saturated heterocycles. The summed E-state index contributed by atoms with van der Waals surface area (Å²) in [5.74, 6) is 1.59. The van der Waals surface area contributed by atoms with Crippen LogP contribution in [0.25, 0.3) is 0 Å². The Bertz CT molecular complexity index is 71.0. The number of rotatable bonds is 2. The zero-order valence-electron chi connectivity index (χ0n) is 8.84. The van der Waals surface area contributed by atoms with Crippen LogP contribution in [0, 0.1) is 11.8 Å². The summed E-state index contributed by atoms with van der Waals surface area (Å²) in [6.07, 6.45) is 6.55. The molecule has 0 radical (unpaired) electrons. The Labute approximate surface area is 77.2 Å². The zero-order valence-corrected chi connectivity index (χ0v) is 8.84. The molecule has 12 heavy (non-hydrogen) atoms. The van der Waals surface area contributed by atoms with E-state index in [4.69, 9.17) is 5.11 Å². The summed E-state index contributed by atoms with van der Waals surface area (Å²) in [7, 11) is 0. The number of hydrogen-bond donors (Lipinski definition) is 1. The van der Waals surface area contributed by atoms with Crippen LogP contribution in [0.15, 0.2) is 0 Å². The molecule has 0 unspecified atom stereocenters. The Morgan fingerprint density at radius 3 is 1.75 bits per heavy atom. The second-order valence-corrected chi connectivity index (χ2v) is 3.48. The Kier molecular flexibility index (Phi) is 7.58. The molecule has 0 aliphatic heterocycles. The molecule has 0 aromatic carbocycles. The van der Waals surface area contributed by atoms with Gasteiger partial charge < -0.3 is 5.11 Å². The first-order valence-electron chi connectivity index (χ1n) is 5.47. The molecule has 1 heteroatoms. The van der Waals surface area contributed by atoms with E-state index in [2.05, 4.69) is 6.92 Å². The lowest BCUT2D eigenvalue weighted by Crippen LogP contribution is -2.16. The van der Waals surface area contributed by atoms with E-state index in [9.17, 15) is 0 Å². The highest BCUT2D eigenvalue weighted by atomic mass is 16.3. The lowest BCUT2D eigenvalue weighted by Gasteiger charge is -2.26. The third-order valence-electron chi connectivity index (χ3n) is 2.80. The second-order valence-electron chi connectivity index (χ2n) is 3.48. The highest BCUT2D eigenvalue weighted by molar-refractivity contribution is 4.70. The van der Waals surface area contributed by atoms with Crippen molar-refractivity contribution in [3.8, 4) is 0 Å².